The second-order valence-electron chi connectivity index (χ2n) is 5.43. The number of amides is 2. The fourth-order valence-corrected chi connectivity index (χ4v) is 2.19. The van der Waals surface area contributed by atoms with Gasteiger partial charge < -0.3 is 24.9 Å². The Balaban J connectivity index is 2.44. The summed E-state index contributed by atoms with van der Waals surface area (Å²) in [4.78, 5) is 37.2. The summed E-state index contributed by atoms with van der Waals surface area (Å²) >= 11 is 0. The van der Waals surface area contributed by atoms with Gasteiger partial charge in [-0.15, -0.1) is 0 Å². The average Bonchev–Trinajstić information content (AvgIpc) is 3.01. The number of hydrogen-bond acceptors (Lipinski definition) is 6. The van der Waals surface area contributed by atoms with Gasteiger partial charge in [0.1, 0.15) is 6.04 Å². The van der Waals surface area contributed by atoms with E-state index in [0.717, 1.165) is 4.90 Å². The molecular formula is C15H23N3O6. The first-order valence-electron chi connectivity index (χ1n) is 7.58. The first kappa shape index (κ1) is 19.5. The number of carboxylic acids is 1. The van der Waals surface area contributed by atoms with Gasteiger partial charge in [-0.05, 0) is 18.9 Å². The van der Waals surface area contributed by atoms with Crippen LogP contribution in [0.4, 0.5) is 9.59 Å². The van der Waals surface area contributed by atoms with Crippen molar-refractivity contribution in [1.29, 1.82) is 5.41 Å². The van der Waals surface area contributed by atoms with E-state index >= 15 is 0 Å². The van der Waals surface area contributed by atoms with E-state index in [2.05, 4.69) is 6.58 Å². The van der Waals surface area contributed by atoms with Crippen molar-refractivity contribution < 1.29 is 29.0 Å². The number of allylic oxidation sites excluding steroid dienone is 1. The third-order valence-corrected chi connectivity index (χ3v) is 3.58. The number of nitrogens with one attached hydrogen (secondary N) is 1. The zero-order valence-corrected chi connectivity index (χ0v) is 13.9. The number of aliphatic carboxylic acids is 1. The van der Waals surface area contributed by atoms with Gasteiger partial charge in [0.25, 0.3) is 0 Å². The predicted molar refractivity (Wildman–Crippen MR) is 85.0 cm³/mol. The van der Waals surface area contributed by atoms with Crippen LogP contribution in [0.15, 0.2) is 12.7 Å². The van der Waals surface area contributed by atoms with Gasteiger partial charge in [-0.2, -0.15) is 0 Å². The SMILES string of the molecule is C=CC(=N)CCN(C)C(=O)OC(C)OC(=O)N1CCCC1C(=O)O. The molecule has 1 fully saturated rings. The minimum absolute atomic E-state index is 0.261. The predicted octanol–water partition coefficient (Wildman–Crippen LogP) is 1.68. The van der Waals surface area contributed by atoms with Crippen LogP contribution in [0.1, 0.15) is 26.2 Å². The highest BCUT2D eigenvalue weighted by Gasteiger charge is 2.36. The van der Waals surface area contributed by atoms with E-state index in [1.54, 1.807) is 0 Å². The van der Waals surface area contributed by atoms with Crippen LogP contribution in [0.25, 0.3) is 0 Å². The number of rotatable bonds is 7. The fraction of sp³-hybridized carbons (Fsp3) is 0.600. The van der Waals surface area contributed by atoms with Crippen LogP contribution in [0.2, 0.25) is 0 Å². The number of carboxylic acid groups (broad SMARTS) is 1. The lowest BCUT2D eigenvalue weighted by Crippen LogP contribution is -2.42. The molecule has 1 saturated heterocycles. The third-order valence-electron chi connectivity index (χ3n) is 3.58. The van der Waals surface area contributed by atoms with Gasteiger partial charge in [-0.1, -0.05) is 6.58 Å². The monoisotopic (exact) mass is 341 g/mol. The van der Waals surface area contributed by atoms with Crippen molar-refractivity contribution in [2.24, 2.45) is 0 Å². The average molecular weight is 341 g/mol. The molecule has 2 amide bonds. The number of carbonyl (C=O) groups excluding carboxylic acids is 2. The van der Waals surface area contributed by atoms with E-state index in [4.69, 9.17) is 20.0 Å². The molecule has 2 N–H and O–H groups in total. The molecule has 1 aliphatic heterocycles. The molecule has 0 radical (unpaired) electrons. The molecule has 2 unspecified atom stereocenters. The minimum Gasteiger partial charge on any atom is -0.480 e. The lowest BCUT2D eigenvalue weighted by atomic mass is 10.2. The Bertz CT molecular complexity index is 521. The van der Waals surface area contributed by atoms with Gasteiger partial charge >= 0.3 is 18.2 Å². The van der Waals surface area contributed by atoms with E-state index in [0.29, 0.717) is 31.5 Å². The topological polar surface area (TPSA) is 120 Å². The molecule has 9 heteroatoms. The summed E-state index contributed by atoms with van der Waals surface area (Å²) in [6.07, 6.45) is -0.00833. The number of likely N-dealkylation sites (tertiary alicyclic amines) is 1. The molecule has 0 aromatic carbocycles. The van der Waals surface area contributed by atoms with Crippen LogP contribution in [-0.4, -0.2) is 71.2 Å². The summed E-state index contributed by atoms with van der Waals surface area (Å²) in [7, 11) is 1.49. The van der Waals surface area contributed by atoms with E-state index in [9.17, 15) is 14.4 Å². The molecule has 134 valence electrons. The summed E-state index contributed by atoms with van der Waals surface area (Å²) < 4.78 is 9.96. The van der Waals surface area contributed by atoms with Crippen molar-refractivity contribution in [2.75, 3.05) is 20.1 Å². The third kappa shape index (κ3) is 5.56. The van der Waals surface area contributed by atoms with Crippen molar-refractivity contribution in [3.8, 4) is 0 Å². The molecule has 2 atom stereocenters. The largest absolute Gasteiger partial charge is 0.480 e. The summed E-state index contributed by atoms with van der Waals surface area (Å²) in [6.45, 7) is 5.39. The van der Waals surface area contributed by atoms with Crippen molar-refractivity contribution in [1.82, 2.24) is 9.80 Å². The van der Waals surface area contributed by atoms with Gasteiger partial charge in [0.05, 0.1) is 0 Å². The quantitative estimate of drug-likeness (QED) is 0.537. The number of carbonyl (C=O) groups is 3. The van der Waals surface area contributed by atoms with Gasteiger partial charge in [0, 0.05) is 39.2 Å². The van der Waals surface area contributed by atoms with Crippen LogP contribution in [0, 0.1) is 5.41 Å². The highest BCUT2D eigenvalue weighted by Crippen LogP contribution is 2.19. The molecule has 0 bridgehead atoms. The van der Waals surface area contributed by atoms with Crippen molar-refractivity contribution in [3.05, 3.63) is 12.7 Å². The smallest absolute Gasteiger partial charge is 0.413 e. The molecule has 0 spiro atoms. The number of hydrogen-bond donors (Lipinski definition) is 2. The van der Waals surface area contributed by atoms with Crippen LogP contribution >= 0.6 is 0 Å². The van der Waals surface area contributed by atoms with Gasteiger partial charge in [0.2, 0.25) is 6.29 Å². The zero-order chi connectivity index (χ0) is 18.3. The number of nitrogens with zero attached hydrogens (tertiary/aromatic N) is 2. The molecule has 0 saturated carbocycles. The van der Waals surface area contributed by atoms with E-state index in [1.165, 1.54) is 24.9 Å². The Labute approximate surface area is 140 Å². The highest BCUT2D eigenvalue weighted by atomic mass is 16.7. The first-order valence-corrected chi connectivity index (χ1v) is 7.58. The van der Waals surface area contributed by atoms with Crippen molar-refractivity contribution in [2.45, 2.75) is 38.5 Å². The second kappa shape index (κ2) is 8.90. The number of ether oxygens (including phenoxy) is 2. The summed E-state index contributed by atoms with van der Waals surface area (Å²) in [5.74, 6) is -1.08. The molecule has 1 rings (SSSR count). The normalized spacial score (nSPS) is 17.8. The van der Waals surface area contributed by atoms with Crippen LogP contribution < -0.4 is 0 Å². The van der Waals surface area contributed by atoms with Gasteiger partial charge in [-0.3, -0.25) is 4.90 Å². The lowest BCUT2D eigenvalue weighted by Gasteiger charge is -2.24. The summed E-state index contributed by atoms with van der Waals surface area (Å²) in [5.41, 5.74) is 0.294. The van der Waals surface area contributed by atoms with Gasteiger partial charge in [-0.25, -0.2) is 14.4 Å². The Hall–Kier alpha value is -2.58. The molecule has 24 heavy (non-hydrogen) atoms. The maximum absolute atomic E-state index is 12.0. The first-order chi connectivity index (χ1) is 11.3. The molecule has 1 aliphatic rings. The van der Waals surface area contributed by atoms with Crippen LogP contribution in [0.3, 0.4) is 0 Å². The molecule has 0 aromatic rings. The lowest BCUT2D eigenvalue weighted by molar-refractivity contribution is -0.142. The van der Waals surface area contributed by atoms with E-state index < -0.39 is 30.5 Å². The van der Waals surface area contributed by atoms with Crippen molar-refractivity contribution in [3.63, 3.8) is 0 Å². The molecule has 9 nitrogen and oxygen atoms in total. The fourth-order valence-electron chi connectivity index (χ4n) is 2.19. The zero-order valence-electron chi connectivity index (χ0n) is 13.9. The van der Waals surface area contributed by atoms with Crippen LogP contribution in [0.5, 0.6) is 0 Å². The Morgan fingerprint density at radius 2 is 2.12 bits per heavy atom. The Morgan fingerprint density at radius 3 is 2.71 bits per heavy atom. The summed E-state index contributed by atoms with van der Waals surface area (Å²) in [6, 6.07) is -0.909. The van der Waals surface area contributed by atoms with Gasteiger partial charge in [0.15, 0.2) is 0 Å². The Kier molecular flexibility index (Phi) is 7.22. The maximum Gasteiger partial charge on any atom is 0.413 e. The maximum atomic E-state index is 12.0. The molecule has 1 heterocycles. The van der Waals surface area contributed by atoms with Crippen molar-refractivity contribution >= 4 is 23.9 Å². The molecule has 0 aliphatic carbocycles. The molecular weight excluding hydrogens is 318 g/mol. The van der Waals surface area contributed by atoms with E-state index in [1.807, 2.05) is 0 Å². The Morgan fingerprint density at radius 1 is 1.46 bits per heavy atom. The molecule has 0 aromatic heterocycles. The highest BCUT2D eigenvalue weighted by molar-refractivity contribution is 5.92. The minimum atomic E-state index is -1.15. The van der Waals surface area contributed by atoms with Crippen LogP contribution in [-0.2, 0) is 14.3 Å². The summed E-state index contributed by atoms with van der Waals surface area (Å²) in [5, 5.41) is 16.5. The standard InChI is InChI=1S/C15H23N3O6/c1-4-11(16)7-9-17(3)14(21)23-10(2)24-15(22)18-8-5-6-12(18)13(19)20/h4,10,12,16H,1,5-9H2,2-3H3,(H,19,20). The van der Waals surface area contributed by atoms with E-state index in [-0.39, 0.29) is 6.54 Å². The second-order valence-corrected chi connectivity index (χ2v) is 5.43.